The Morgan fingerprint density at radius 1 is 1.02 bits per heavy atom. The molecule has 6 bridgehead atoms. The molecule has 2 aromatic carbocycles. The van der Waals surface area contributed by atoms with Crippen LogP contribution in [0.25, 0.3) is 28.0 Å². The van der Waals surface area contributed by atoms with Crippen LogP contribution in [0.5, 0.6) is 5.75 Å². The molecule has 11 heteroatoms. The number of aromatic nitrogens is 3. The molecule has 0 amide bonds. The molecule has 47 heavy (non-hydrogen) atoms. The maximum atomic E-state index is 14.3. The number of carbonyl (C=O) groups excluding carboxylic acids is 1. The van der Waals surface area contributed by atoms with Crippen LogP contribution in [0.15, 0.2) is 48.5 Å². The number of fused-ring (bicyclic) bond motifs is 8. The van der Waals surface area contributed by atoms with E-state index in [1.54, 1.807) is 6.07 Å². The first-order valence-electron chi connectivity index (χ1n) is 16.1. The highest BCUT2D eigenvalue weighted by molar-refractivity contribution is 5.81. The van der Waals surface area contributed by atoms with Gasteiger partial charge in [-0.15, -0.1) is 0 Å². The predicted octanol–water partition coefficient (Wildman–Crippen LogP) is 6.32. The number of carbonyl (C=O) groups is 1. The van der Waals surface area contributed by atoms with Crippen molar-refractivity contribution in [2.75, 3.05) is 51.5 Å². The number of hydrogen-bond acceptors (Lipinski definition) is 9. The van der Waals surface area contributed by atoms with Crippen LogP contribution < -0.4 is 9.64 Å². The van der Waals surface area contributed by atoms with E-state index in [1.807, 2.05) is 62.5 Å². The van der Waals surface area contributed by atoms with Crippen LogP contribution in [0.1, 0.15) is 57.9 Å². The number of ether oxygens (including phenoxy) is 5. The third kappa shape index (κ3) is 7.12. The molecule has 250 valence electrons. The Labute approximate surface area is 274 Å². The molecule has 1 saturated heterocycles. The van der Waals surface area contributed by atoms with E-state index < -0.39 is 17.7 Å². The summed E-state index contributed by atoms with van der Waals surface area (Å²) in [6.45, 7) is 12.5. The van der Waals surface area contributed by atoms with Gasteiger partial charge >= 0.3 is 5.97 Å². The molecule has 2 aromatic heterocycles. The average molecular weight is 647 g/mol. The molecule has 3 aliphatic rings. The Balaban J connectivity index is 1.53. The van der Waals surface area contributed by atoms with Gasteiger partial charge in [0.2, 0.25) is 0 Å². The molecular weight excluding hydrogens is 603 g/mol. The molecule has 0 N–H and O–H groups in total. The predicted molar refractivity (Wildman–Crippen MR) is 176 cm³/mol. The van der Waals surface area contributed by atoms with Crippen LogP contribution in [0.2, 0.25) is 0 Å². The van der Waals surface area contributed by atoms with Crippen LogP contribution in [-0.2, 0) is 23.7 Å². The van der Waals surface area contributed by atoms with Crippen molar-refractivity contribution in [3.63, 3.8) is 0 Å². The lowest BCUT2D eigenvalue weighted by Crippen LogP contribution is -2.46. The van der Waals surface area contributed by atoms with Crippen molar-refractivity contribution in [1.29, 1.82) is 0 Å². The molecule has 0 radical (unpaired) electrons. The summed E-state index contributed by atoms with van der Waals surface area (Å²) >= 11 is 0. The van der Waals surface area contributed by atoms with Crippen LogP contribution >= 0.6 is 0 Å². The smallest absolute Gasteiger partial charge is 0.339 e. The second-order valence-corrected chi connectivity index (χ2v) is 13.3. The van der Waals surface area contributed by atoms with Gasteiger partial charge in [-0.2, -0.15) is 9.61 Å². The minimum Gasteiger partial charge on any atom is -0.490 e. The lowest BCUT2D eigenvalue weighted by molar-refractivity contribution is -0.164. The summed E-state index contributed by atoms with van der Waals surface area (Å²) in [5.41, 5.74) is 4.06. The van der Waals surface area contributed by atoms with E-state index in [0.29, 0.717) is 61.3 Å². The zero-order chi connectivity index (χ0) is 33.3. The highest BCUT2D eigenvalue weighted by Crippen LogP contribution is 2.39. The second kappa shape index (κ2) is 13.2. The highest BCUT2D eigenvalue weighted by atomic mass is 19.1. The number of aryl methyl sites for hydroxylation is 1. The Morgan fingerprint density at radius 2 is 1.77 bits per heavy atom. The molecule has 0 saturated carbocycles. The van der Waals surface area contributed by atoms with Gasteiger partial charge in [0.1, 0.15) is 24.0 Å². The van der Waals surface area contributed by atoms with Crippen molar-refractivity contribution in [2.24, 2.45) is 0 Å². The second-order valence-electron chi connectivity index (χ2n) is 13.3. The van der Waals surface area contributed by atoms with Crippen molar-refractivity contribution in [3.8, 4) is 28.1 Å². The van der Waals surface area contributed by atoms with Gasteiger partial charge in [0, 0.05) is 42.0 Å². The van der Waals surface area contributed by atoms with E-state index in [1.165, 1.54) is 19.2 Å². The molecule has 0 spiro atoms. The van der Waals surface area contributed by atoms with E-state index in [0.717, 1.165) is 35.3 Å². The molecular formula is C36H43FN4O6. The SMILES string of the molecule is COC(=O)[C@@H](OC(C)(C)C)c1c(C)nc2cc3nn2c1N1CCC(C)(CC1)OCCOCCOc1cc(F)ccc1-c1cccc-3c1. The van der Waals surface area contributed by atoms with Gasteiger partial charge < -0.3 is 28.6 Å². The summed E-state index contributed by atoms with van der Waals surface area (Å²) in [5.74, 6) is 0.284. The van der Waals surface area contributed by atoms with Crippen LogP contribution in [0, 0.1) is 12.7 Å². The highest BCUT2D eigenvalue weighted by Gasteiger charge is 2.38. The van der Waals surface area contributed by atoms with Crippen LogP contribution in [0.4, 0.5) is 10.2 Å². The largest absolute Gasteiger partial charge is 0.490 e. The van der Waals surface area contributed by atoms with Gasteiger partial charge in [-0.05, 0) is 71.2 Å². The lowest BCUT2D eigenvalue weighted by atomic mass is 9.92. The summed E-state index contributed by atoms with van der Waals surface area (Å²) in [4.78, 5) is 20.5. The summed E-state index contributed by atoms with van der Waals surface area (Å²) in [5, 5.41) is 5.09. The van der Waals surface area contributed by atoms with E-state index in [4.69, 9.17) is 33.8 Å². The standard InChI is InChI=1S/C36H43FN4O6/c1-23-31(32(34(42)43-6)47-35(2,3)4)33-40-14-12-36(5,13-15-40)46-19-17-44-16-18-45-29-21-26(37)10-11-27(29)24-8-7-9-25(20-24)28-22-30(38-23)41(33)39-28/h7-11,20-22,32H,12-19H2,1-6H3/t32-/m0/s1. The molecule has 7 rings (SSSR count). The Bertz CT molecular complexity index is 1760. The van der Waals surface area contributed by atoms with E-state index in [2.05, 4.69) is 11.8 Å². The molecule has 3 aliphatic heterocycles. The molecule has 4 aromatic rings. The fourth-order valence-electron chi connectivity index (χ4n) is 6.25. The van der Waals surface area contributed by atoms with Gasteiger partial charge in [0.25, 0.3) is 0 Å². The number of nitrogens with zero attached hydrogens (tertiary/aromatic N) is 4. The van der Waals surface area contributed by atoms with Gasteiger partial charge in [-0.25, -0.2) is 14.2 Å². The first kappa shape index (κ1) is 32.9. The van der Waals surface area contributed by atoms with Gasteiger partial charge in [-0.3, -0.25) is 0 Å². The van der Waals surface area contributed by atoms with E-state index >= 15 is 0 Å². The number of rotatable bonds is 3. The summed E-state index contributed by atoms with van der Waals surface area (Å²) in [6, 6.07) is 14.4. The average Bonchev–Trinajstić information content (AvgIpc) is 3.46. The number of hydrogen-bond donors (Lipinski definition) is 0. The fourth-order valence-corrected chi connectivity index (χ4v) is 6.25. The zero-order valence-electron chi connectivity index (χ0n) is 28.0. The lowest BCUT2D eigenvalue weighted by Gasteiger charge is -2.41. The number of methoxy groups -OCH3 is 1. The number of benzene rings is 2. The topological polar surface area (TPSA) is 96.7 Å². The third-order valence-electron chi connectivity index (χ3n) is 8.65. The minimum atomic E-state index is -1.02. The van der Waals surface area contributed by atoms with E-state index in [-0.39, 0.29) is 18.0 Å². The zero-order valence-corrected chi connectivity index (χ0v) is 28.0. The Kier molecular flexibility index (Phi) is 9.24. The van der Waals surface area contributed by atoms with Crippen LogP contribution in [-0.4, -0.2) is 78.4 Å². The first-order valence-corrected chi connectivity index (χ1v) is 16.1. The molecule has 0 unspecified atom stereocenters. The summed E-state index contributed by atoms with van der Waals surface area (Å²) in [7, 11) is 1.37. The fraction of sp³-hybridized carbons (Fsp3) is 0.472. The Hall–Kier alpha value is -4.06. The molecule has 10 nitrogen and oxygen atoms in total. The maximum absolute atomic E-state index is 14.3. The van der Waals surface area contributed by atoms with Crippen molar-refractivity contribution in [2.45, 2.75) is 64.8 Å². The quantitative estimate of drug-likeness (QED) is 0.187. The molecule has 5 heterocycles. The van der Waals surface area contributed by atoms with Crippen molar-refractivity contribution in [1.82, 2.24) is 14.6 Å². The van der Waals surface area contributed by atoms with Gasteiger partial charge in [0.15, 0.2) is 11.8 Å². The molecule has 1 fully saturated rings. The maximum Gasteiger partial charge on any atom is 0.339 e. The van der Waals surface area contributed by atoms with Crippen LogP contribution in [0.3, 0.4) is 0 Å². The Morgan fingerprint density at radius 3 is 2.51 bits per heavy atom. The first-order chi connectivity index (χ1) is 22.4. The number of halogens is 1. The normalized spacial score (nSPS) is 17.6. The van der Waals surface area contributed by atoms with Crippen molar-refractivity contribution >= 4 is 17.4 Å². The summed E-state index contributed by atoms with van der Waals surface area (Å²) in [6.07, 6.45) is 0.479. The van der Waals surface area contributed by atoms with Crippen molar-refractivity contribution < 1.29 is 32.9 Å². The van der Waals surface area contributed by atoms with Gasteiger partial charge in [0.05, 0.1) is 49.4 Å². The number of piperidine rings is 1. The summed E-state index contributed by atoms with van der Waals surface area (Å²) < 4.78 is 45.9. The third-order valence-corrected chi connectivity index (χ3v) is 8.65. The number of anilines is 1. The molecule has 0 aliphatic carbocycles. The number of esters is 1. The minimum absolute atomic E-state index is 0.274. The van der Waals surface area contributed by atoms with E-state index in [9.17, 15) is 9.18 Å². The van der Waals surface area contributed by atoms with Gasteiger partial charge in [-0.1, -0.05) is 18.2 Å². The van der Waals surface area contributed by atoms with Crippen molar-refractivity contribution in [3.05, 3.63) is 65.6 Å². The monoisotopic (exact) mass is 646 g/mol. The molecule has 1 atom stereocenters.